The molecule has 4 rings (SSSR count). The lowest BCUT2D eigenvalue weighted by atomic mass is 10.1. The molecule has 0 saturated heterocycles. The highest BCUT2D eigenvalue weighted by atomic mass is 16.5. The number of fused-ring (bicyclic) bond motifs is 2. The number of aromatic nitrogens is 5. The van der Waals surface area contributed by atoms with Crippen molar-refractivity contribution in [1.82, 2.24) is 24.7 Å². The van der Waals surface area contributed by atoms with Crippen molar-refractivity contribution in [1.29, 1.82) is 0 Å². The average Bonchev–Trinajstić information content (AvgIpc) is 2.95. The third kappa shape index (κ3) is 2.53. The van der Waals surface area contributed by atoms with Gasteiger partial charge in [-0.1, -0.05) is 12.1 Å². The van der Waals surface area contributed by atoms with E-state index >= 15 is 0 Å². The molecule has 3 aromatic heterocycles. The fourth-order valence-electron chi connectivity index (χ4n) is 2.75. The van der Waals surface area contributed by atoms with Gasteiger partial charge in [0.25, 0.3) is 5.88 Å². The largest absolute Gasteiger partial charge is 0.436 e. The minimum atomic E-state index is -0.277. The van der Waals surface area contributed by atoms with E-state index < -0.39 is 0 Å². The quantitative estimate of drug-likeness (QED) is 0.603. The minimum absolute atomic E-state index is 0.277. The van der Waals surface area contributed by atoms with Crippen LogP contribution in [0, 0.1) is 0 Å². The average molecular weight is 334 g/mol. The first-order valence-electron chi connectivity index (χ1n) is 7.96. The molecule has 25 heavy (non-hydrogen) atoms. The molecule has 0 aliphatic carbocycles. The number of ether oxygens (including phenoxy) is 1. The summed E-state index contributed by atoms with van der Waals surface area (Å²) in [6, 6.07) is 9.59. The van der Waals surface area contributed by atoms with E-state index in [9.17, 15) is 0 Å². The first-order chi connectivity index (χ1) is 11.9. The Balaban J connectivity index is 1.92. The number of nitrogens with zero attached hydrogens (tertiary/aromatic N) is 5. The summed E-state index contributed by atoms with van der Waals surface area (Å²) in [7, 11) is 0. The van der Waals surface area contributed by atoms with E-state index in [1.165, 1.54) is 6.33 Å². The fourth-order valence-corrected chi connectivity index (χ4v) is 2.75. The van der Waals surface area contributed by atoms with Gasteiger partial charge in [-0.05, 0) is 39.0 Å². The molecule has 0 bridgehead atoms. The van der Waals surface area contributed by atoms with Crippen molar-refractivity contribution in [3.8, 4) is 11.6 Å². The number of nitrogen functional groups attached to an aromatic ring is 1. The first-order valence-corrected chi connectivity index (χ1v) is 7.96. The van der Waals surface area contributed by atoms with Crippen LogP contribution in [0.2, 0.25) is 0 Å². The van der Waals surface area contributed by atoms with Crippen molar-refractivity contribution in [3.63, 3.8) is 0 Å². The van der Waals surface area contributed by atoms with Crippen LogP contribution in [-0.2, 0) is 5.54 Å². The van der Waals surface area contributed by atoms with E-state index in [2.05, 4.69) is 20.1 Å². The van der Waals surface area contributed by atoms with Crippen LogP contribution in [0.3, 0.4) is 0 Å². The molecule has 0 amide bonds. The molecule has 7 heteroatoms. The molecule has 2 N–H and O–H groups in total. The second-order valence-electron chi connectivity index (χ2n) is 6.77. The Kier molecular flexibility index (Phi) is 3.31. The monoisotopic (exact) mass is 334 g/mol. The van der Waals surface area contributed by atoms with E-state index in [0.29, 0.717) is 28.5 Å². The highest BCUT2D eigenvalue weighted by Gasteiger charge is 2.24. The zero-order valence-electron chi connectivity index (χ0n) is 14.3. The molecule has 0 saturated carbocycles. The van der Waals surface area contributed by atoms with E-state index in [4.69, 9.17) is 10.5 Å². The molecule has 126 valence electrons. The van der Waals surface area contributed by atoms with E-state index in [-0.39, 0.29) is 5.54 Å². The third-order valence-electron chi connectivity index (χ3n) is 3.91. The highest BCUT2D eigenvalue weighted by molar-refractivity contribution is 5.92. The number of hydrogen-bond acceptors (Lipinski definition) is 6. The van der Waals surface area contributed by atoms with Gasteiger partial charge in [0.05, 0.1) is 11.1 Å². The number of benzene rings is 1. The van der Waals surface area contributed by atoms with Gasteiger partial charge in [0.1, 0.15) is 23.3 Å². The van der Waals surface area contributed by atoms with Crippen molar-refractivity contribution in [2.75, 3.05) is 5.73 Å². The molecular weight excluding hydrogens is 316 g/mol. The van der Waals surface area contributed by atoms with Crippen LogP contribution >= 0.6 is 0 Å². The zero-order valence-corrected chi connectivity index (χ0v) is 14.3. The topological polar surface area (TPSA) is 91.7 Å². The zero-order chi connectivity index (χ0) is 17.6. The lowest BCUT2D eigenvalue weighted by Gasteiger charge is -2.19. The maximum Gasteiger partial charge on any atom is 0.251 e. The Morgan fingerprint density at radius 1 is 1.04 bits per heavy atom. The Morgan fingerprint density at radius 2 is 1.84 bits per heavy atom. The molecule has 0 aliphatic rings. The van der Waals surface area contributed by atoms with Crippen molar-refractivity contribution >= 4 is 27.8 Å². The molecule has 3 heterocycles. The van der Waals surface area contributed by atoms with Gasteiger partial charge in [-0.3, -0.25) is 4.98 Å². The van der Waals surface area contributed by atoms with Gasteiger partial charge in [-0.25, -0.2) is 14.6 Å². The summed E-state index contributed by atoms with van der Waals surface area (Å²) in [5.41, 5.74) is 7.30. The van der Waals surface area contributed by atoms with Gasteiger partial charge in [0, 0.05) is 11.6 Å². The molecule has 0 atom stereocenters. The van der Waals surface area contributed by atoms with Gasteiger partial charge in [-0.2, -0.15) is 0 Å². The smallest absolute Gasteiger partial charge is 0.251 e. The van der Waals surface area contributed by atoms with Crippen molar-refractivity contribution < 1.29 is 4.74 Å². The lowest BCUT2D eigenvalue weighted by Crippen LogP contribution is -2.23. The maximum atomic E-state index is 6.13. The number of hydrogen-bond donors (Lipinski definition) is 1. The van der Waals surface area contributed by atoms with E-state index in [1.54, 1.807) is 10.9 Å². The molecule has 4 aromatic rings. The molecule has 1 aromatic carbocycles. The highest BCUT2D eigenvalue weighted by Crippen LogP contribution is 2.35. The standard InChI is InChI=1S/C18H18N6O/c1-18(2,3)24-16-14(15(19)21-10-22-16)17(23-24)25-13-8-9-20-12-7-5-4-6-11(12)13/h4-10H,1-3H3,(H2,19,21,22). The van der Waals surface area contributed by atoms with Crippen molar-refractivity contribution in [3.05, 3.63) is 42.9 Å². The van der Waals surface area contributed by atoms with Crippen LogP contribution in [0.1, 0.15) is 20.8 Å². The Hall–Kier alpha value is -3.22. The third-order valence-corrected chi connectivity index (χ3v) is 3.91. The first kappa shape index (κ1) is 15.3. The van der Waals surface area contributed by atoms with Crippen LogP contribution in [0.4, 0.5) is 5.82 Å². The normalized spacial score (nSPS) is 12.0. The number of nitrogens with two attached hydrogens (primary N) is 1. The summed E-state index contributed by atoms with van der Waals surface area (Å²) >= 11 is 0. The molecule has 0 radical (unpaired) electrons. The Bertz CT molecular complexity index is 1070. The summed E-state index contributed by atoms with van der Waals surface area (Å²) < 4.78 is 7.93. The molecule has 7 nitrogen and oxygen atoms in total. The van der Waals surface area contributed by atoms with Gasteiger partial charge in [0.2, 0.25) is 0 Å². The molecule has 0 spiro atoms. The predicted molar refractivity (Wildman–Crippen MR) is 96.5 cm³/mol. The molecular formula is C18H18N6O. The number of pyridine rings is 1. The second-order valence-corrected chi connectivity index (χ2v) is 6.77. The van der Waals surface area contributed by atoms with E-state index in [1.807, 2.05) is 51.1 Å². The number of anilines is 1. The number of para-hydroxylation sites is 1. The van der Waals surface area contributed by atoms with Crippen molar-refractivity contribution in [2.24, 2.45) is 0 Å². The molecule has 0 unspecified atom stereocenters. The summed E-state index contributed by atoms with van der Waals surface area (Å²) in [5, 5.41) is 6.13. The summed E-state index contributed by atoms with van der Waals surface area (Å²) in [4.78, 5) is 12.8. The van der Waals surface area contributed by atoms with Gasteiger partial charge >= 0.3 is 0 Å². The Morgan fingerprint density at radius 3 is 2.64 bits per heavy atom. The second kappa shape index (κ2) is 5.41. The lowest BCUT2D eigenvalue weighted by molar-refractivity contribution is 0.349. The summed E-state index contributed by atoms with van der Waals surface area (Å²) in [5.74, 6) is 1.39. The van der Waals surface area contributed by atoms with Crippen LogP contribution in [0.15, 0.2) is 42.9 Å². The minimum Gasteiger partial charge on any atom is -0.436 e. The SMILES string of the molecule is CC(C)(C)n1nc(Oc2ccnc3ccccc23)c2c(N)ncnc21. The van der Waals surface area contributed by atoms with Crippen LogP contribution < -0.4 is 10.5 Å². The molecule has 0 aliphatic heterocycles. The fraction of sp³-hybridized carbons (Fsp3) is 0.222. The Labute approximate surface area is 144 Å². The van der Waals surface area contributed by atoms with Crippen LogP contribution in [-0.4, -0.2) is 24.7 Å². The molecule has 0 fully saturated rings. The van der Waals surface area contributed by atoms with Gasteiger partial charge in [0.15, 0.2) is 5.65 Å². The number of rotatable bonds is 2. The predicted octanol–water partition coefficient (Wildman–Crippen LogP) is 3.50. The van der Waals surface area contributed by atoms with Crippen LogP contribution in [0.25, 0.3) is 21.9 Å². The summed E-state index contributed by atoms with van der Waals surface area (Å²) in [6.07, 6.45) is 3.15. The van der Waals surface area contributed by atoms with Crippen molar-refractivity contribution in [2.45, 2.75) is 26.3 Å². The maximum absolute atomic E-state index is 6.13. The van der Waals surface area contributed by atoms with Gasteiger partial charge in [-0.15, -0.1) is 5.10 Å². The van der Waals surface area contributed by atoms with Crippen LogP contribution in [0.5, 0.6) is 11.6 Å². The summed E-state index contributed by atoms with van der Waals surface area (Å²) in [6.45, 7) is 6.13. The van der Waals surface area contributed by atoms with E-state index in [0.717, 1.165) is 10.9 Å². The van der Waals surface area contributed by atoms with Gasteiger partial charge < -0.3 is 10.5 Å².